The molecule has 0 spiro atoms. The lowest BCUT2D eigenvalue weighted by molar-refractivity contribution is 1.77. The first-order chi connectivity index (χ1) is 8.92. The summed E-state index contributed by atoms with van der Waals surface area (Å²) in [6.07, 6.45) is 0. The van der Waals surface area contributed by atoms with E-state index in [1.807, 2.05) is 0 Å². The zero-order valence-electron chi connectivity index (χ0n) is 9.93. The molecule has 0 aromatic heterocycles. The molecule has 4 aromatic carbocycles. The molecule has 0 atom stereocenters. The minimum atomic E-state index is 1.31. The van der Waals surface area contributed by atoms with Crippen LogP contribution < -0.4 is 0 Å². The maximum atomic E-state index is 2.30. The second-order valence-corrected chi connectivity index (χ2v) is 4.71. The maximum Gasteiger partial charge on any atom is -0.00990 e. The molecule has 0 nitrogen and oxygen atoms in total. The highest BCUT2D eigenvalue weighted by Crippen LogP contribution is 2.29. The van der Waals surface area contributed by atoms with E-state index in [1.165, 1.54) is 32.3 Å². The minimum Gasteiger partial charge on any atom is -0.0616 e. The molecule has 0 unspecified atom stereocenters. The third-order valence-electron chi connectivity index (χ3n) is 3.61. The average molecular weight is 230 g/mol. The van der Waals surface area contributed by atoms with Gasteiger partial charge in [-0.15, -0.1) is 0 Å². The minimum absolute atomic E-state index is 1.31. The van der Waals surface area contributed by atoms with E-state index in [2.05, 4.69) is 72.8 Å². The van der Waals surface area contributed by atoms with Gasteiger partial charge in [0.1, 0.15) is 0 Å². The molecule has 0 saturated heterocycles. The lowest BCUT2D eigenvalue weighted by Crippen LogP contribution is -1.79. The van der Waals surface area contributed by atoms with Crippen LogP contribution in [-0.4, -0.2) is 0 Å². The highest BCUT2D eigenvalue weighted by atomic mass is 14.7. The van der Waals surface area contributed by atoms with E-state index in [0.29, 0.717) is 0 Å². The van der Waals surface area contributed by atoms with Crippen LogP contribution in [0.5, 0.6) is 0 Å². The summed E-state index contributed by atoms with van der Waals surface area (Å²) in [4.78, 5) is 0. The maximum absolute atomic E-state index is 2.30. The summed E-state index contributed by atoms with van der Waals surface area (Å²) in [5.74, 6) is 0. The molecule has 0 fully saturated rings. The quantitative estimate of drug-likeness (QED) is 0.289. The van der Waals surface area contributed by atoms with Gasteiger partial charge < -0.3 is 0 Å². The first-order valence-electron chi connectivity index (χ1n) is 6.22. The second-order valence-electron chi connectivity index (χ2n) is 4.71. The van der Waals surface area contributed by atoms with Gasteiger partial charge in [0.15, 0.2) is 0 Å². The van der Waals surface area contributed by atoms with Gasteiger partial charge in [0.2, 0.25) is 0 Å². The first-order valence-corrected chi connectivity index (χ1v) is 6.22. The largest absolute Gasteiger partial charge is 0.0616 e. The first kappa shape index (κ1) is 9.67. The fourth-order valence-corrected chi connectivity index (χ4v) is 2.70. The number of hydrogen-bond acceptors (Lipinski definition) is 0. The Morgan fingerprint density at radius 1 is 0.611 bits per heavy atom. The van der Waals surface area contributed by atoms with Gasteiger partial charge in [-0.25, -0.2) is 0 Å². The molecule has 84 valence electrons. The summed E-state index contributed by atoms with van der Waals surface area (Å²) in [5, 5.41) is 7.90. The van der Waals surface area contributed by atoms with Gasteiger partial charge in [0.05, 0.1) is 0 Å². The molecule has 18 heavy (non-hydrogen) atoms. The highest BCUT2D eigenvalue weighted by molar-refractivity contribution is 6.11. The summed E-state index contributed by atoms with van der Waals surface area (Å²) >= 11 is 0. The Bertz CT molecular complexity index is 866. The predicted molar refractivity (Wildman–Crippen MR) is 79.0 cm³/mol. The zero-order valence-corrected chi connectivity index (χ0v) is 9.93. The van der Waals surface area contributed by atoms with Crippen LogP contribution in [0.4, 0.5) is 0 Å². The van der Waals surface area contributed by atoms with Crippen LogP contribution in [0.25, 0.3) is 32.3 Å². The van der Waals surface area contributed by atoms with Crippen molar-refractivity contribution in [3.05, 3.63) is 72.8 Å². The van der Waals surface area contributed by atoms with E-state index < -0.39 is 0 Å². The number of hydrogen-bond donors (Lipinski definition) is 0. The molecule has 0 heterocycles. The van der Waals surface area contributed by atoms with Crippen molar-refractivity contribution in [2.24, 2.45) is 0 Å². The number of benzene rings is 4. The second kappa shape index (κ2) is 3.58. The number of rotatable bonds is 0. The molecular weight excluding hydrogens is 218 g/mol. The molecular formula is C18H12. The van der Waals surface area contributed by atoms with Gasteiger partial charge in [-0.2, -0.15) is 0 Å². The van der Waals surface area contributed by atoms with Crippen LogP contribution >= 0.6 is 0 Å². The molecule has 0 bridgehead atoms. The molecule has 0 amide bonds. The zero-order chi connectivity index (χ0) is 11.9. The Hall–Kier alpha value is -2.34. The Morgan fingerprint density at radius 3 is 2.28 bits per heavy atom. The van der Waals surface area contributed by atoms with Crippen molar-refractivity contribution in [1.82, 2.24) is 0 Å². The molecule has 0 N–H and O–H groups in total. The lowest BCUT2D eigenvalue weighted by Gasteiger charge is -2.06. The van der Waals surface area contributed by atoms with Crippen molar-refractivity contribution < 1.29 is 0 Å². The van der Waals surface area contributed by atoms with Crippen LogP contribution in [0.3, 0.4) is 0 Å². The van der Waals surface area contributed by atoms with Crippen molar-refractivity contribution in [3.63, 3.8) is 0 Å². The molecule has 0 aliphatic carbocycles. The monoisotopic (exact) mass is 230 g/mol. The summed E-state index contributed by atoms with van der Waals surface area (Å²) in [7, 11) is 0. The summed E-state index contributed by atoms with van der Waals surface area (Å²) in [6.45, 7) is 0. The smallest absolute Gasteiger partial charge is 0.00990 e. The van der Waals surface area contributed by atoms with Gasteiger partial charge in [-0.05, 0) is 44.5 Å². The van der Waals surface area contributed by atoms with Crippen LogP contribution in [0.1, 0.15) is 0 Å². The van der Waals surface area contributed by atoms with Crippen molar-refractivity contribution in [2.45, 2.75) is 0 Å². The van der Waals surface area contributed by atoms with E-state index in [1.54, 1.807) is 0 Å². The van der Waals surface area contributed by atoms with E-state index in [9.17, 15) is 0 Å². The molecule has 0 radical (unpaired) electrons. The van der Waals surface area contributed by atoms with Gasteiger partial charge in [-0.1, -0.05) is 60.7 Å². The summed E-state index contributed by atoms with van der Waals surface area (Å²) in [5.41, 5.74) is 0. The predicted octanol–water partition coefficient (Wildman–Crippen LogP) is 5.15. The van der Waals surface area contributed by atoms with Crippen molar-refractivity contribution in [1.29, 1.82) is 0 Å². The molecule has 0 aliphatic heterocycles. The van der Waals surface area contributed by atoms with Gasteiger partial charge in [0, 0.05) is 0 Å². The number of fused-ring (bicyclic) bond motifs is 4. The van der Waals surface area contributed by atoms with E-state index >= 15 is 0 Å². The highest BCUT2D eigenvalue weighted by Gasteiger charge is 2.01. The SMILES string of the molecule is c1ccc2[14cH]c3c(ccc4ccccc43)cc2c1. The normalized spacial score (nSPS) is 11.3. The van der Waals surface area contributed by atoms with Crippen LogP contribution in [0, 0.1) is 0 Å². The average Bonchev–Trinajstić information content (AvgIpc) is 2.45. The van der Waals surface area contributed by atoms with Crippen LogP contribution in [0.2, 0.25) is 0 Å². The van der Waals surface area contributed by atoms with E-state index in [4.69, 9.17) is 0 Å². The van der Waals surface area contributed by atoms with Crippen LogP contribution in [0.15, 0.2) is 72.8 Å². The summed E-state index contributed by atoms with van der Waals surface area (Å²) in [6, 6.07) is 26.1. The van der Waals surface area contributed by atoms with Gasteiger partial charge in [0.25, 0.3) is 0 Å². The van der Waals surface area contributed by atoms with E-state index in [0.717, 1.165) is 0 Å². The van der Waals surface area contributed by atoms with Crippen LogP contribution in [-0.2, 0) is 0 Å². The Kier molecular flexibility index (Phi) is 1.92. The van der Waals surface area contributed by atoms with Gasteiger partial charge in [-0.3, -0.25) is 0 Å². The van der Waals surface area contributed by atoms with Crippen molar-refractivity contribution in [3.8, 4) is 0 Å². The van der Waals surface area contributed by atoms with Crippen molar-refractivity contribution >= 4 is 32.3 Å². The fourth-order valence-electron chi connectivity index (χ4n) is 2.70. The standard InChI is InChI=1S/C18H12/c1-2-7-15-12-18-16(11-14(15)6-1)10-9-13-5-3-4-8-17(13)18/h1-12H/i12+2. The van der Waals surface area contributed by atoms with Crippen molar-refractivity contribution in [2.75, 3.05) is 0 Å². The van der Waals surface area contributed by atoms with Gasteiger partial charge >= 0.3 is 0 Å². The Balaban J connectivity index is 2.27. The topological polar surface area (TPSA) is 0 Å². The fraction of sp³-hybridized carbons (Fsp3) is 0. The molecule has 0 aliphatic rings. The third-order valence-corrected chi connectivity index (χ3v) is 3.61. The summed E-state index contributed by atoms with van der Waals surface area (Å²) < 4.78 is 0. The lowest BCUT2D eigenvalue weighted by atomic mass is 10.0. The van der Waals surface area contributed by atoms with E-state index in [-0.39, 0.29) is 0 Å². The Morgan fingerprint density at radius 2 is 1.33 bits per heavy atom. The molecule has 4 rings (SSSR count). The Labute approximate surface area is 105 Å². The molecule has 0 saturated carbocycles. The third kappa shape index (κ3) is 1.32. The molecule has 0 heteroatoms. The molecule has 4 aromatic rings.